The molecular weight excluding hydrogens is 819 g/mol. The quantitative estimate of drug-likeness (QED) is 0.167. The van der Waals surface area contributed by atoms with E-state index in [4.69, 9.17) is 13.6 Å². The van der Waals surface area contributed by atoms with Crippen molar-refractivity contribution in [2.75, 3.05) is 4.90 Å². The molecule has 0 amide bonds. The number of benzene rings is 10. The van der Waals surface area contributed by atoms with E-state index in [2.05, 4.69) is 217 Å². The maximum atomic E-state index is 7.14. The second kappa shape index (κ2) is 14.6. The second-order valence-electron chi connectivity index (χ2n) is 17.5. The summed E-state index contributed by atoms with van der Waals surface area (Å²) in [5.41, 5.74) is 17.5. The third kappa shape index (κ3) is 5.60. The molecule has 0 saturated heterocycles. The van der Waals surface area contributed by atoms with Crippen molar-refractivity contribution in [3.63, 3.8) is 0 Å². The zero-order chi connectivity index (χ0) is 44.1. The lowest BCUT2D eigenvalue weighted by Gasteiger charge is -2.37. The molecule has 10 aromatic carbocycles. The highest BCUT2D eigenvalue weighted by molar-refractivity contribution is 6.09. The molecule has 0 radical (unpaired) electrons. The lowest BCUT2D eigenvalue weighted by Crippen LogP contribution is -2.31. The van der Waals surface area contributed by atoms with Crippen molar-refractivity contribution in [3.8, 4) is 56.0 Å². The van der Waals surface area contributed by atoms with Crippen LogP contribution in [0.25, 0.3) is 77.4 Å². The van der Waals surface area contributed by atoms with Crippen molar-refractivity contribution >= 4 is 50.0 Å². The molecule has 12 aromatic rings. The molecule has 314 valence electrons. The van der Waals surface area contributed by atoms with Gasteiger partial charge >= 0.3 is 0 Å². The normalized spacial score (nSPS) is 13.0. The molecule has 14 rings (SSSR count). The van der Waals surface area contributed by atoms with Gasteiger partial charge in [0, 0.05) is 45.0 Å². The van der Waals surface area contributed by atoms with E-state index in [-0.39, 0.29) is 0 Å². The Morgan fingerprint density at radius 2 is 0.821 bits per heavy atom. The number of fused-ring (bicyclic) bond motifs is 14. The summed E-state index contributed by atoms with van der Waals surface area (Å²) in [7, 11) is 0. The molecule has 1 aliphatic carbocycles. The van der Waals surface area contributed by atoms with Gasteiger partial charge in [-0.3, -0.25) is 0 Å². The summed E-state index contributed by atoms with van der Waals surface area (Å²) in [6.07, 6.45) is 0. The van der Waals surface area contributed by atoms with Crippen molar-refractivity contribution in [2.45, 2.75) is 5.41 Å². The van der Waals surface area contributed by atoms with Crippen LogP contribution in [0.5, 0.6) is 11.5 Å². The van der Waals surface area contributed by atoms with E-state index >= 15 is 0 Å². The molecule has 4 heteroatoms. The van der Waals surface area contributed by atoms with Crippen LogP contribution >= 0.6 is 0 Å². The molecule has 0 atom stereocenters. The minimum absolute atomic E-state index is 0.727. The second-order valence-corrected chi connectivity index (χ2v) is 17.5. The Bertz CT molecular complexity index is 3830. The van der Waals surface area contributed by atoms with Crippen LogP contribution in [-0.4, -0.2) is 0 Å². The Hall–Kier alpha value is -8.86. The van der Waals surface area contributed by atoms with E-state index in [0.29, 0.717) is 0 Å². The highest BCUT2D eigenvalue weighted by atomic mass is 16.5. The number of hydrogen-bond acceptors (Lipinski definition) is 4. The summed E-state index contributed by atoms with van der Waals surface area (Å²) in [4.78, 5) is 2.32. The smallest absolute Gasteiger partial charge is 0.178 e. The number of nitrogens with zero attached hydrogens (tertiary/aromatic N) is 1. The fourth-order valence-corrected chi connectivity index (χ4v) is 10.9. The van der Waals surface area contributed by atoms with Gasteiger partial charge in [0.15, 0.2) is 11.5 Å². The fraction of sp³-hybridized carbons (Fsp3) is 0.0159. The zero-order valence-electron chi connectivity index (χ0n) is 36.2. The first-order valence-corrected chi connectivity index (χ1v) is 22.8. The number of ether oxygens (including phenoxy) is 1. The van der Waals surface area contributed by atoms with Gasteiger partial charge in [-0.25, -0.2) is 0 Å². The Labute approximate surface area is 387 Å². The first-order valence-electron chi connectivity index (χ1n) is 22.8. The molecule has 0 bridgehead atoms. The van der Waals surface area contributed by atoms with Gasteiger partial charge in [0.1, 0.15) is 27.9 Å². The Balaban J connectivity index is 0.926. The van der Waals surface area contributed by atoms with Gasteiger partial charge in [0.05, 0.1) is 5.39 Å². The SMILES string of the molecule is c1ccc(-c2ccc(-c3ccc(N(c4ccc(-c5cccc6c5oc5ccccc56)cc4)c4ccc5c(c4)Oc4c(oc6ccccc46)C54c5ccccc5-c5ccccc54)cc3)cc2)cc1. The van der Waals surface area contributed by atoms with Crippen molar-refractivity contribution in [3.05, 3.63) is 259 Å². The summed E-state index contributed by atoms with van der Waals surface area (Å²) in [5, 5.41) is 3.19. The summed E-state index contributed by atoms with van der Waals surface area (Å²) >= 11 is 0. The van der Waals surface area contributed by atoms with Crippen LogP contribution in [0.15, 0.2) is 245 Å². The van der Waals surface area contributed by atoms with E-state index in [1.807, 2.05) is 24.3 Å². The van der Waals surface area contributed by atoms with Gasteiger partial charge in [-0.2, -0.15) is 0 Å². The highest BCUT2D eigenvalue weighted by Gasteiger charge is 2.54. The third-order valence-corrected chi connectivity index (χ3v) is 14.0. The van der Waals surface area contributed by atoms with E-state index in [1.54, 1.807) is 0 Å². The monoisotopic (exact) mass is 857 g/mol. The van der Waals surface area contributed by atoms with Crippen LogP contribution in [0.4, 0.5) is 17.1 Å². The van der Waals surface area contributed by atoms with Gasteiger partial charge in [-0.05, 0) is 98.6 Å². The maximum absolute atomic E-state index is 7.14. The van der Waals surface area contributed by atoms with Crippen LogP contribution in [0, 0.1) is 0 Å². The maximum Gasteiger partial charge on any atom is 0.178 e. The van der Waals surface area contributed by atoms with Crippen molar-refractivity contribution < 1.29 is 13.6 Å². The average molecular weight is 858 g/mol. The molecule has 0 saturated carbocycles. The minimum Gasteiger partial charge on any atom is -0.455 e. The third-order valence-electron chi connectivity index (χ3n) is 14.0. The summed E-state index contributed by atoms with van der Waals surface area (Å²) in [5.74, 6) is 2.35. The first kappa shape index (κ1) is 37.5. The van der Waals surface area contributed by atoms with Gasteiger partial charge in [0.25, 0.3) is 0 Å². The summed E-state index contributed by atoms with van der Waals surface area (Å²) in [6, 6.07) is 84.1. The highest BCUT2D eigenvalue weighted by Crippen LogP contribution is 2.64. The topological polar surface area (TPSA) is 38.8 Å². The molecule has 2 aromatic heterocycles. The number of para-hydroxylation sites is 3. The molecule has 4 nitrogen and oxygen atoms in total. The molecule has 67 heavy (non-hydrogen) atoms. The van der Waals surface area contributed by atoms with Crippen molar-refractivity contribution in [1.29, 1.82) is 0 Å². The van der Waals surface area contributed by atoms with Crippen LogP contribution in [0.2, 0.25) is 0 Å². The summed E-state index contributed by atoms with van der Waals surface area (Å²) < 4.78 is 20.6. The number of hydrogen-bond donors (Lipinski definition) is 0. The lowest BCUT2D eigenvalue weighted by molar-refractivity contribution is 0.389. The summed E-state index contributed by atoms with van der Waals surface area (Å²) in [6.45, 7) is 0. The molecule has 1 spiro atoms. The molecule has 0 unspecified atom stereocenters. The Morgan fingerprint density at radius 3 is 1.49 bits per heavy atom. The molecule has 0 fully saturated rings. The Morgan fingerprint density at radius 1 is 0.328 bits per heavy atom. The van der Waals surface area contributed by atoms with Crippen LogP contribution in [0.3, 0.4) is 0 Å². The lowest BCUT2D eigenvalue weighted by atomic mass is 9.69. The van der Waals surface area contributed by atoms with Gasteiger partial charge in [0.2, 0.25) is 0 Å². The van der Waals surface area contributed by atoms with Crippen molar-refractivity contribution in [2.24, 2.45) is 0 Å². The minimum atomic E-state index is -0.727. The largest absolute Gasteiger partial charge is 0.455 e. The average Bonchev–Trinajstić information content (AvgIpc) is 4.06. The number of furan rings is 2. The fourth-order valence-electron chi connectivity index (χ4n) is 10.9. The van der Waals surface area contributed by atoms with E-state index in [1.165, 1.54) is 33.4 Å². The molecule has 1 aliphatic heterocycles. The van der Waals surface area contributed by atoms with Crippen molar-refractivity contribution in [1.82, 2.24) is 0 Å². The van der Waals surface area contributed by atoms with Gasteiger partial charge in [-0.1, -0.05) is 182 Å². The van der Waals surface area contributed by atoms with E-state index in [9.17, 15) is 0 Å². The van der Waals surface area contributed by atoms with Crippen LogP contribution < -0.4 is 9.64 Å². The van der Waals surface area contributed by atoms with Gasteiger partial charge < -0.3 is 18.5 Å². The standard InChI is InChI=1S/C63H39NO3/c1-2-13-40(14-3-1)41-25-27-42(28-26-41)43-29-33-45(34-30-43)64(46-35-31-44(32-36-46)48-19-12-20-52-51-17-6-10-23-57(51)65-60(48)52)47-37-38-56-59(39-47)66-61-53-18-7-11-24-58(53)67-62(61)63(56)54-21-8-4-15-49(54)50-16-5-9-22-55(50)63/h1-39H. The van der Waals surface area contributed by atoms with Crippen LogP contribution in [0.1, 0.15) is 22.5 Å². The van der Waals surface area contributed by atoms with Gasteiger partial charge in [-0.15, -0.1) is 0 Å². The molecular formula is C63H39NO3. The predicted octanol–water partition coefficient (Wildman–Crippen LogP) is 17.3. The molecule has 2 aliphatic rings. The van der Waals surface area contributed by atoms with E-state index in [0.717, 1.165) is 95.0 Å². The Kier molecular flexibility index (Phi) is 8.16. The zero-order valence-corrected chi connectivity index (χ0v) is 36.2. The molecule has 3 heterocycles. The van der Waals surface area contributed by atoms with E-state index < -0.39 is 5.41 Å². The number of anilines is 3. The number of rotatable bonds is 6. The van der Waals surface area contributed by atoms with Crippen LogP contribution in [-0.2, 0) is 5.41 Å². The predicted molar refractivity (Wildman–Crippen MR) is 272 cm³/mol. The first-order chi connectivity index (χ1) is 33.2. The molecule has 0 N–H and O–H groups in total.